The molecule has 1 aromatic carbocycles. The minimum Gasteiger partial charge on any atom is -0.398 e. The second kappa shape index (κ2) is 4.40. The summed E-state index contributed by atoms with van der Waals surface area (Å²) >= 11 is 0. The highest BCUT2D eigenvalue weighted by Gasteiger charge is 2.31. The molecule has 1 aliphatic heterocycles. The molecule has 0 aromatic heterocycles. The Morgan fingerprint density at radius 1 is 1.35 bits per heavy atom. The van der Waals surface area contributed by atoms with Crippen LogP contribution in [0.15, 0.2) is 12.1 Å². The van der Waals surface area contributed by atoms with E-state index in [1.54, 1.807) is 0 Å². The van der Waals surface area contributed by atoms with Gasteiger partial charge < -0.3 is 10.6 Å². The van der Waals surface area contributed by atoms with Gasteiger partial charge in [0.25, 0.3) is 0 Å². The van der Waals surface area contributed by atoms with Gasteiger partial charge in [-0.3, -0.25) is 4.79 Å². The van der Waals surface area contributed by atoms with Crippen LogP contribution in [0.2, 0.25) is 0 Å². The van der Waals surface area contributed by atoms with Crippen LogP contribution in [0, 0.1) is 13.8 Å². The second-order valence-corrected chi connectivity index (χ2v) is 4.86. The molecule has 1 saturated heterocycles. The molecule has 1 fully saturated rings. The van der Waals surface area contributed by atoms with E-state index in [0.717, 1.165) is 35.3 Å². The molecule has 1 aromatic rings. The molecular formula is C14H20N2O. The first-order valence-corrected chi connectivity index (χ1v) is 6.23. The fourth-order valence-electron chi connectivity index (χ4n) is 2.58. The highest BCUT2D eigenvalue weighted by molar-refractivity contribution is 5.97. The van der Waals surface area contributed by atoms with E-state index in [-0.39, 0.29) is 5.91 Å². The second-order valence-electron chi connectivity index (χ2n) is 4.86. The molecule has 1 heterocycles. The minimum absolute atomic E-state index is 0.225. The molecule has 3 nitrogen and oxygen atoms in total. The number of hydrogen-bond donors (Lipinski definition) is 1. The highest BCUT2D eigenvalue weighted by atomic mass is 16.2. The van der Waals surface area contributed by atoms with Crippen LogP contribution >= 0.6 is 0 Å². The zero-order valence-corrected chi connectivity index (χ0v) is 10.8. The molecule has 0 radical (unpaired) electrons. The van der Waals surface area contributed by atoms with Gasteiger partial charge in [0.15, 0.2) is 0 Å². The number of nitrogen functional groups attached to an aromatic ring is 1. The van der Waals surface area contributed by atoms with Gasteiger partial charge in [-0.15, -0.1) is 0 Å². The highest BCUT2D eigenvalue weighted by Crippen LogP contribution is 2.33. The van der Waals surface area contributed by atoms with Crippen molar-refractivity contribution in [3.8, 4) is 0 Å². The Morgan fingerprint density at radius 2 is 2.06 bits per heavy atom. The molecule has 1 amide bonds. The summed E-state index contributed by atoms with van der Waals surface area (Å²) in [7, 11) is 0. The van der Waals surface area contributed by atoms with Crippen molar-refractivity contribution in [3.05, 3.63) is 23.3 Å². The Hall–Kier alpha value is -1.51. The molecule has 1 aliphatic rings. The average molecular weight is 232 g/mol. The van der Waals surface area contributed by atoms with Crippen molar-refractivity contribution in [3.63, 3.8) is 0 Å². The Balaban J connectivity index is 2.45. The monoisotopic (exact) mass is 232 g/mol. The number of amides is 1. The van der Waals surface area contributed by atoms with Crippen LogP contribution < -0.4 is 10.6 Å². The first kappa shape index (κ1) is 12.0. The summed E-state index contributed by atoms with van der Waals surface area (Å²) in [5, 5.41) is 0. The molecule has 0 bridgehead atoms. The third kappa shape index (κ3) is 2.02. The maximum Gasteiger partial charge on any atom is 0.227 e. The molecule has 0 saturated carbocycles. The normalized spacial score (nSPS) is 20.1. The summed E-state index contributed by atoms with van der Waals surface area (Å²) in [5.74, 6) is 0.225. The molecule has 1 unspecified atom stereocenters. The van der Waals surface area contributed by atoms with Crippen molar-refractivity contribution in [2.75, 3.05) is 10.6 Å². The number of carbonyl (C=O) groups is 1. The molecule has 1 atom stereocenters. The number of hydrogen-bond acceptors (Lipinski definition) is 2. The molecule has 3 heteroatoms. The van der Waals surface area contributed by atoms with Gasteiger partial charge in [-0.25, -0.2) is 0 Å². The standard InChI is InChI=1S/C14H20N2O/c1-4-11-5-6-14(17)16(11)13-8-12(15)9(2)7-10(13)3/h7-8,11H,4-6,15H2,1-3H3. The lowest BCUT2D eigenvalue weighted by molar-refractivity contribution is -0.117. The Morgan fingerprint density at radius 3 is 2.71 bits per heavy atom. The topological polar surface area (TPSA) is 46.3 Å². The third-order valence-corrected chi connectivity index (χ3v) is 3.64. The first-order valence-electron chi connectivity index (χ1n) is 6.23. The van der Waals surface area contributed by atoms with Gasteiger partial charge in [0.2, 0.25) is 5.91 Å². The van der Waals surface area contributed by atoms with Crippen molar-refractivity contribution >= 4 is 17.3 Å². The molecule has 0 aliphatic carbocycles. The van der Waals surface area contributed by atoms with Crippen LogP contribution in [0.3, 0.4) is 0 Å². The Bertz CT molecular complexity index is 454. The molecule has 92 valence electrons. The lowest BCUT2D eigenvalue weighted by atomic mass is 10.1. The summed E-state index contributed by atoms with van der Waals surface area (Å²) in [6.07, 6.45) is 2.62. The lowest BCUT2D eigenvalue weighted by Crippen LogP contribution is -2.33. The van der Waals surface area contributed by atoms with Gasteiger partial charge in [0.05, 0.1) is 0 Å². The van der Waals surface area contributed by atoms with Crippen molar-refractivity contribution in [2.45, 2.75) is 46.1 Å². The van der Waals surface area contributed by atoms with E-state index in [2.05, 4.69) is 13.0 Å². The van der Waals surface area contributed by atoms with E-state index in [1.165, 1.54) is 0 Å². The van der Waals surface area contributed by atoms with E-state index in [9.17, 15) is 4.79 Å². The third-order valence-electron chi connectivity index (χ3n) is 3.64. The van der Waals surface area contributed by atoms with E-state index in [0.29, 0.717) is 12.5 Å². The summed E-state index contributed by atoms with van der Waals surface area (Å²) in [6.45, 7) is 6.17. The molecule has 2 rings (SSSR count). The minimum atomic E-state index is 0.225. The zero-order valence-electron chi connectivity index (χ0n) is 10.8. The zero-order chi connectivity index (χ0) is 12.6. The predicted octanol–water partition coefficient (Wildman–Crippen LogP) is 2.79. The SMILES string of the molecule is CCC1CCC(=O)N1c1cc(N)c(C)cc1C. The van der Waals surface area contributed by atoms with Crippen LogP contribution in [-0.4, -0.2) is 11.9 Å². The number of nitrogens with two attached hydrogens (primary N) is 1. The molecule has 2 N–H and O–H groups in total. The smallest absolute Gasteiger partial charge is 0.227 e. The predicted molar refractivity (Wildman–Crippen MR) is 71.1 cm³/mol. The molecule has 0 spiro atoms. The van der Waals surface area contributed by atoms with Gasteiger partial charge in [-0.05, 0) is 43.9 Å². The van der Waals surface area contributed by atoms with Crippen LogP contribution in [0.1, 0.15) is 37.3 Å². The maximum atomic E-state index is 12.0. The number of rotatable bonds is 2. The van der Waals surface area contributed by atoms with Crippen molar-refractivity contribution < 1.29 is 4.79 Å². The average Bonchev–Trinajstić information content (AvgIpc) is 2.65. The van der Waals surface area contributed by atoms with Crippen molar-refractivity contribution in [1.29, 1.82) is 0 Å². The lowest BCUT2D eigenvalue weighted by Gasteiger charge is -2.26. The quantitative estimate of drug-likeness (QED) is 0.797. The number of aryl methyl sites for hydroxylation is 2. The summed E-state index contributed by atoms with van der Waals surface area (Å²) in [4.78, 5) is 13.9. The van der Waals surface area contributed by atoms with Crippen LogP contribution in [0.25, 0.3) is 0 Å². The van der Waals surface area contributed by atoms with Gasteiger partial charge >= 0.3 is 0 Å². The van der Waals surface area contributed by atoms with E-state index < -0.39 is 0 Å². The van der Waals surface area contributed by atoms with Gasteiger partial charge in [-0.2, -0.15) is 0 Å². The van der Waals surface area contributed by atoms with Crippen LogP contribution in [-0.2, 0) is 4.79 Å². The fourth-order valence-corrected chi connectivity index (χ4v) is 2.58. The van der Waals surface area contributed by atoms with Crippen LogP contribution in [0.4, 0.5) is 11.4 Å². The number of nitrogens with zero attached hydrogens (tertiary/aromatic N) is 1. The van der Waals surface area contributed by atoms with Crippen LogP contribution in [0.5, 0.6) is 0 Å². The fraction of sp³-hybridized carbons (Fsp3) is 0.500. The number of carbonyl (C=O) groups excluding carboxylic acids is 1. The number of anilines is 2. The summed E-state index contributed by atoms with van der Waals surface area (Å²) in [6, 6.07) is 4.34. The van der Waals surface area contributed by atoms with Gasteiger partial charge in [0.1, 0.15) is 0 Å². The van der Waals surface area contributed by atoms with E-state index in [4.69, 9.17) is 5.73 Å². The Kier molecular flexibility index (Phi) is 3.09. The van der Waals surface area contributed by atoms with E-state index in [1.807, 2.05) is 24.8 Å². The van der Waals surface area contributed by atoms with Gasteiger partial charge in [-0.1, -0.05) is 13.0 Å². The first-order chi connectivity index (χ1) is 8.04. The summed E-state index contributed by atoms with van der Waals surface area (Å²) < 4.78 is 0. The summed E-state index contributed by atoms with van der Waals surface area (Å²) in [5.41, 5.74) is 9.91. The van der Waals surface area contributed by atoms with E-state index >= 15 is 0 Å². The maximum absolute atomic E-state index is 12.0. The largest absolute Gasteiger partial charge is 0.398 e. The molecular weight excluding hydrogens is 212 g/mol. The number of benzene rings is 1. The van der Waals surface area contributed by atoms with Crippen molar-refractivity contribution in [2.24, 2.45) is 0 Å². The van der Waals surface area contributed by atoms with Gasteiger partial charge in [0, 0.05) is 23.8 Å². The Labute approximate surface area is 103 Å². The van der Waals surface area contributed by atoms with Crippen molar-refractivity contribution in [1.82, 2.24) is 0 Å². The molecule has 17 heavy (non-hydrogen) atoms.